The Balaban J connectivity index is 3.15. The van der Waals surface area contributed by atoms with Crippen molar-refractivity contribution in [3.05, 3.63) is 34.6 Å². The van der Waals surface area contributed by atoms with Crippen LogP contribution >= 0.6 is 11.6 Å². The summed E-state index contributed by atoms with van der Waals surface area (Å²) in [4.78, 5) is 14.6. The van der Waals surface area contributed by atoms with Gasteiger partial charge >= 0.3 is 5.97 Å². The molecule has 3 N–H and O–H groups in total. The van der Waals surface area contributed by atoms with Crippen molar-refractivity contribution in [2.24, 2.45) is 5.73 Å². The molecule has 0 unspecified atom stereocenters. The first-order valence-corrected chi connectivity index (χ1v) is 4.28. The summed E-state index contributed by atoms with van der Waals surface area (Å²) in [7, 11) is 0. The van der Waals surface area contributed by atoms with Crippen molar-refractivity contribution in [1.29, 1.82) is 0 Å². The van der Waals surface area contributed by atoms with Gasteiger partial charge in [0.15, 0.2) is 0 Å². The van der Waals surface area contributed by atoms with Gasteiger partial charge in [0.1, 0.15) is 5.15 Å². The minimum atomic E-state index is -1.04. The van der Waals surface area contributed by atoms with E-state index in [1.807, 2.05) is 0 Å². The first kappa shape index (κ1) is 10.7. The quantitative estimate of drug-likeness (QED) is 0.743. The lowest BCUT2D eigenvalue weighted by atomic mass is 10.1. The van der Waals surface area contributed by atoms with Crippen LogP contribution in [0.15, 0.2) is 18.3 Å². The Hall–Kier alpha value is -1.39. The minimum absolute atomic E-state index is 0.120. The first-order valence-electron chi connectivity index (χ1n) is 3.90. The highest BCUT2D eigenvalue weighted by atomic mass is 35.5. The highest BCUT2D eigenvalue weighted by molar-refractivity contribution is 6.29. The van der Waals surface area contributed by atoms with Gasteiger partial charge in [-0.05, 0) is 6.07 Å². The highest BCUT2D eigenvalue weighted by Crippen LogP contribution is 2.14. The lowest BCUT2D eigenvalue weighted by Gasteiger charge is -2.00. The largest absolute Gasteiger partial charge is 0.478 e. The van der Waals surface area contributed by atoms with Crippen LogP contribution in [0.4, 0.5) is 0 Å². The second-order valence-corrected chi connectivity index (χ2v) is 2.92. The van der Waals surface area contributed by atoms with Crippen LogP contribution in [0.1, 0.15) is 15.9 Å². The highest BCUT2D eigenvalue weighted by Gasteiger charge is 2.08. The van der Waals surface area contributed by atoms with E-state index in [1.165, 1.54) is 12.3 Å². The summed E-state index contributed by atoms with van der Waals surface area (Å²) in [5.74, 6) is -1.04. The summed E-state index contributed by atoms with van der Waals surface area (Å²) >= 11 is 5.57. The smallest absolute Gasteiger partial charge is 0.336 e. The molecule has 0 amide bonds. The molecule has 1 aromatic heterocycles. The standard InChI is InChI=1S/C9H9ClN2O2/c10-8-4-7(9(13)14)6(5-12-8)2-1-3-11/h1-2,4-5H,3,11H2,(H,13,14). The van der Waals surface area contributed by atoms with Gasteiger partial charge in [0.25, 0.3) is 0 Å². The fourth-order valence-corrected chi connectivity index (χ4v) is 1.11. The number of carbonyl (C=O) groups is 1. The number of aromatic carboxylic acids is 1. The number of carboxylic acids is 1. The van der Waals surface area contributed by atoms with E-state index in [4.69, 9.17) is 22.4 Å². The van der Waals surface area contributed by atoms with Crippen LogP contribution < -0.4 is 5.73 Å². The molecular formula is C9H9ClN2O2. The van der Waals surface area contributed by atoms with E-state index in [1.54, 1.807) is 12.2 Å². The van der Waals surface area contributed by atoms with Gasteiger partial charge in [-0.1, -0.05) is 23.8 Å². The maximum absolute atomic E-state index is 10.8. The monoisotopic (exact) mass is 212 g/mol. The molecule has 0 atom stereocenters. The summed E-state index contributed by atoms with van der Waals surface area (Å²) in [5, 5.41) is 9.00. The van der Waals surface area contributed by atoms with E-state index in [0.717, 1.165) is 0 Å². The number of nitrogens with zero attached hydrogens (tertiary/aromatic N) is 1. The third-order valence-electron chi connectivity index (χ3n) is 1.57. The molecule has 0 fully saturated rings. The Morgan fingerprint density at radius 2 is 2.43 bits per heavy atom. The van der Waals surface area contributed by atoms with Crippen LogP contribution in [0.25, 0.3) is 6.08 Å². The minimum Gasteiger partial charge on any atom is -0.478 e. The maximum atomic E-state index is 10.8. The lowest BCUT2D eigenvalue weighted by molar-refractivity contribution is 0.0696. The molecule has 0 spiro atoms. The summed E-state index contributed by atoms with van der Waals surface area (Å²) in [6.07, 6.45) is 4.65. The molecule has 74 valence electrons. The third-order valence-corrected chi connectivity index (χ3v) is 1.77. The van der Waals surface area contributed by atoms with Gasteiger partial charge in [0.2, 0.25) is 0 Å². The van der Waals surface area contributed by atoms with Crippen LogP contribution in [0.3, 0.4) is 0 Å². The molecule has 0 aliphatic heterocycles. The van der Waals surface area contributed by atoms with Gasteiger partial charge in [0, 0.05) is 18.3 Å². The van der Waals surface area contributed by atoms with Crippen molar-refractivity contribution in [3.8, 4) is 0 Å². The Morgan fingerprint density at radius 1 is 1.71 bits per heavy atom. The predicted octanol–water partition coefficient (Wildman–Crippen LogP) is 1.41. The first-order chi connectivity index (χ1) is 6.65. The molecule has 0 saturated carbocycles. The molecule has 1 heterocycles. The van der Waals surface area contributed by atoms with Crippen molar-refractivity contribution in [1.82, 2.24) is 4.98 Å². The summed E-state index contributed by atoms with van der Waals surface area (Å²) < 4.78 is 0. The molecule has 1 aromatic rings. The van der Waals surface area contributed by atoms with Gasteiger partial charge in [-0.15, -0.1) is 0 Å². The Morgan fingerprint density at radius 3 is 3.00 bits per heavy atom. The summed E-state index contributed by atoms with van der Waals surface area (Å²) in [6, 6.07) is 1.31. The molecule has 1 rings (SSSR count). The van der Waals surface area contributed by atoms with Gasteiger partial charge < -0.3 is 10.8 Å². The van der Waals surface area contributed by atoms with E-state index in [2.05, 4.69) is 4.98 Å². The number of aromatic nitrogens is 1. The molecule has 0 radical (unpaired) electrons. The lowest BCUT2D eigenvalue weighted by Crippen LogP contribution is -2.01. The zero-order chi connectivity index (χ0) is 10.6. The molecule has 0 aliphatic rings. The second kappa shape index (κ2) is 4.74. The zero-order valence-electron chi connectivity index (χ0n) is 7.27. The molecule has 0 aromatic carbocycles. The van der Waals surface area contributed by atoms with Crippen molar-refractivity contribution in [3.63, 3.8) is 0 Å². The summed E-state index contributed by atoms with van der Waals surface area (Å²) in [6.45, 7) is 0.349. The van der Waals surface area contributed by atoms with Gasteiger partial charge in [-0.3, -0.25) is 0 Å². The van der Waals surface area contributed by atoms with Gasteiger partial charge in [0.05, 0.1) is 5.56 Å². The van der Waals surface area contributed by atoms with Gasteiger partial charge in [-0.2, -0.15) is 0 Å². The van der Waals surface area contributed by atoms with E-state index in [9.17, 15) is 4.79 Å². The Labute approximate surface area is 86.0 Å². The van der Waals surface area contributed by atoms with Crippen LogP contribution in [0, 0.1) is 0 Å². The number of carboxylic acid groups (broad SMARTS) is 1. The number of hydrogen-bond acceptors (Lipinski definition) is 3. The predicted molar refractivity (Wildman–Crippen MR) is 54.3 cm³/mol. The SMILES string of the molecule is NCC=Cc1cnc(Cl)cc1C(=O)O. The molecule has 4 nitrogen and oxygen atoms in total. The van der Waals surface area contributed by atoms with E-state index in [-0.39, 0.29) is 10.7 Å². The number of pyridine rings is 1. The Bertz CT molecular complexity index is 377. The average Bonchev–Trinajstić information content (AvgIpc) is 2.15. The van der Waals surface area contributed by atoms with Crippen LogP contribution in [-0.4, -0.2) is 22.6 Å². The number of nitrogens with two attached hydrogens (primary N) is 1. The van der Waals surface area contributed by atoms with Crippen LogP contribution in [-0.2, 0) is 0 Å². The second-order valence-electron chi connectivity index (χ2n) is 2.54. The molecule has 5 heteroatoms. The molecular weight excluding hydrogens is 204 g/mol. The zero-order valence-corrected chi connectivity index (χ0v) is 8.03. The Kier molecular flexibility index (Phi) is 3.62. The van der Waals surface area contributed by atoms with Crippen molar-refractivity contribution < 1.29 is 9.90 Å². The fourth-order valence-electron chi connectivity index (χ4n) is 0.953. The maximum Gasteiger partial charge on any atom is 0.336 e. The van der Waals surface area contributed by atoms with Crippen LogP contribution in [0.2, 0.25) is 5.15 Å². The normalized spacial score (nSPS) is 10.7. The topological polar surface area (TPSA) is 76.2 Å². The third kappa shape index (κ3) is 2.55. The van der Waals surface area contributed by atoms with Crippen molar-refractivity contribution >= 4 is 23.6 Å². The van der Waals surface area contributed by atoms with Gasteiger partial charge in [-0.25, -0.2) is 9.78 Å². The number of hydrogen-bond donors (Lipinski definition) is 2. The number of rotatable bonds is 3. The van der Waals surface area contributed by atoms with E-state index in [0.29, 0.717) is 12.1 Å². The average molecular weight is 213 g/mol. The molecule has 0 bridgehead atoms. The molecule has 0 aliphatic carbocycles. The number of halogens is 1. The molecule has 0 saturated heterocycles. The van der Waals surface area contributed by atoms with E-state index < -0.39 is 5.97 Å². The van der Waals surface area contributed by atoms with Crippen molar-refractivity contribution in [2.75, 3.05) is 6.54 Å². The van der Waals surface area contributed by atoms with Crippen LogP contribution in [0.5, 0.6) is 0 Å². The fraction of sp³-hybridized carbons (Fsp3) is 0.111. The summed E-state index contributed by atoms with van der Waals surface area (Å²) in [5.41, 5.74) is 5.86. The molecule has 14 heavy (non-hydrogen) atoms. The van der Waals surface area contributed by atoms with Crippen molar-refractivity contribution in [2.45, 2.75) is 0 Å². The van der Waals surface area contributed by atoms with E-state index >= 15 is 0 Å².